The summed E-state index contributed by atoms with van der Waals surface area (Å²) in [5.74, 6) is -2.43. The lowest BCUT2D eigenvalue weighted by molar-refractivity contribution is -0.146. The van der Waals surface area contributed by atoms with Crippen molar-refractivity contribution in [2.45, 2.75) is 0 Å². The van der Waals surface area contributed by atoms with E-state index in [-0.39, 0.29) is 5.69 Å². The van der Waals surface area contributed by atoms with Crippen molar-refractivity contribution in [3.63, 3.8) is 0 Å². The van der Waals surface area contributed by atoms with Crippen LogP contribution in [0.5, 0.6) is 0 Å². The summed E-state index contributed by atoms with van der Waals surface area (Å²) in [6.45, 7) is -0.981. The van der Waals surface area contributed by atoms with E-state index >= 15 is 0 Å². The molecule has 28 heavy (non-hydrogen) atoms. The number of nitrogens with one attached hydrogen (secondary N) is 2. The summed E-state index contributed by atoms with van der Waals surface area (Å²) in [7, 11) is 0. The molecule has 0 aliphatic carbocycles. The first-order valence-corrected chi connectivity index (χ1v) is 9.30. The standard InChI is InChI=1S/C19H14ClFN2O4S/c20-17-13-6-1-2-7-14(13)28-18(17)19(26)22-9-16(25)27-10-15(24)23-12-5-3-4-11(21)8-12/h1-8H,9-10H2,(H,22,26)(H,23,24). The molecule has 0 bridgehead atoms. The summed E-state index contributed by atoms with van der Waals surface area (Å²) in [6.07, 6.45) is 0. The van der Waals surface area contributed by atoms with Crippen molar-refractivity contribution in [1.29, 1.82) is 0 Å². The van der Waals surface area contributed by atoms with Gasteiger partial charge in [-0.15, -0.1) is 11.3 Å². The maximum Gasteiger partial charge on any atom is 0.325 e. The van der Waals surface area contributed by atoms with Crippen LogP contribution in [-0.4, -0.2) is 30.9 Å². The molecule has 9 heteroatoms. The van der Waals surface area contributed by atoms with E-state index in [0.29, 0.717) is 9.90 Å². The van der Waals surface area contributed by atoms with Crippen molar-refractivity contribution in [3.8, 4) is 0 Å². The van der Waals surface area contributed by atoms with Crippen molar-refractivity contribution in [1.82, 2.24) is 5.32 Å². The Bertz CT molecular complexity index is 1050. The summed E-state index contributed by atoms with van der Waals surface area (Å²) in [4.78, 5) is 36.0. The monoisotopic (exact) mass is 420 g/mol. The molecule has 144 valence electrons. The fourth-order valence-electron chi connectivity index (χ4n) is 2.35. The summed E-state index contributed by atoms with van der Waals surface area (Å²) < 4.78 is 18.7. The minimum Gasteiger partial charge on any atom is -0.454 e. The highest BCUT2D eigenvalue weighted by molar-refractivity contribution is 7.21. The molecule has 3 rings (SSSR count). The second-order valence-corrected chi connectivity index (χ2v) is 7.07. The number of ether oxygens (including phenoxy) is 1. The van der Waals surface area contributed by atoms with E-state index in [1.165, 1.54) is 29.5 Å². The van der Waals surface area contributed by atoms with Crippen LogP contribution in [0, 0.1) is 5.82 Å². The van der Waals surface area contributed by atoms with Gasteiger partial charge in [-0.05, 0) is 24.3 Å². The first-order valence-electron chi connectivity index (χ1n) is 8.10. The van der Waals surface area contributed by atoms with Crippen molar-refractivity contribution in [2.24, 2.45) is 0 Å². The van der Waals surface area contributed by atoms with Crippen molar-refractivity contribution in [2.75, 3.05) is 18.5 Å². The largest absolute Gasteiger partial charge is 0.454 e. The van der Waals surface area contributed by atoms with E-state index in [4.69, 9.17) is 16.3 Å². The number of hydrogen-bond acceptors (Lipinski definition) is 5. The topological polar surface area (TPSA) is 84.5 Å². The van der Waals surface area contributed by atoms with Crippen LogP contribution in [0.3, 0.4) is 0 Å². The minimum atomic E-state index is -0.792. The first-order chi connectivity index (χ1) is 13.4. The molecule has 0 atom stereocenters. The molecule has 0 unspecified atom stereocenters. The zero-order chi connectivity index (χ0) is 20.1. The van der Waals surface area contributed by atoms with Gasteiger partial charge < -0.3 is 15.4 Å². The Balaban J connectivity index is 1.47. The van der Waals surface area contributed by atoms with Crippen molar-refractivity contribution < 1.29 is 23.5 Å². The number of fused-ring (bicyclic) bond motifs is 1. The van der Waals surface area contributed by atoms with Gasteiger partial charge in [0.1, 0.15) is 17.2 Å². The number of hydrogen-bond donors (Lipinski definition) is 2. The van der Waals surface area contributed by atoms with Gasteiger partial charge in [-0.25, -0.2) is 4.39 Å². The van der Waals surface area contributed by atoms with Crippen LogP contribution in [0.1, 0.15) is 9.67 Å². The summed E-state index contributed by atoms with van der Waals surface area (Å²) in [5.41, 5.74) is 0.244. The predicted octanol–water partition coefficient (Wildman–Crippen LogP) is 3.61. The second kappa shape index (κ2) is 8.81. The van der Waals surface area contributed by atoms with Gasteiger partial charge >= 0.3 is 5.97 Å². The lowest BCUT2D eigenvalue weighted by Gasteiger charge is -2.07. The summed E-state index contributed by atoms with van der Waals surface area (Å²) in [5, 5.41) is 5.88. The molecule has 0 aliphatic heterocycles. The van der Waals surface area contributed by atoms with E-state index in [1.807, 2.05) is 18.2 Å². The van der Waals surface area contributed by atoms with Gasteiger partial charge in [0, 0.05) is 15.8 Å². The van der Waals surface area contributed by atoms with E-state index < -0.39 is 36.8 Å². The van der Waals surface area contributed by atoms with E-state index in [0.717, 1.165) is 16.2 Å². The summed E-state index contributed by atoms with van der Waals surface area (Å²) in [6, 6.07) is 12.6. The van der Waals surface area contributed by atoms with E-state index in [1.54, 1.807) is 6.07 Å². The second-order valence-electron chi connectivity index (χ2n) is 5.64. The smallest absolute Gasteiger partial charge is 0.325 e. The van der Waals surface area contributed by atoms with Crippen LogP contribution in [-0.2, 0) is 14.3 Å². The molecular formula is C19H14ClFN2O4S. The third-order valence-electron chi connectivity index (χ3n) is 3.61. The number of benzene rings is 2. The normalized spacial score (nSPS) is 10.5. The maximum atomic E-state index is 13.1. The number of thiophene rings is 1. The molecule has 2 N–H and O–H groups in total. The van der Waals surface area contributed by atoms with E-state index in [9.17, 15) is 18.8 Å². The van der Waals surface area contributed by atoms with Gasteiger partial charge in [0.05, 0.1) is 5.02 Å². The van der Waals surface area contributed by atoms with Crippen LogP contribution in [0.15, 0.2) is 48.5 Å². The fraction of sp³-hybridized carbons (Fsp3) is 0.105. The van der Waals surface area contributed by atoms with Gasteiger partial charge in [-0.1, -0.05) is 35.9 Å². The molecule has 2 aromatic carbocycles. The third kappa shape index (κ3) is 4.85. The number of anilines is 1. The van der Waals surface area contributed by atoms with Crippen LogP contribution in [0.25, 0.3) is 10.1 Å². The Labute approximate surface area is 168 Å². The Morgan fingerprint density at radius 1 is 1.11 bits per heavy atom. The van der Waals surface area contributed by atoms with Gasteiger partial charge in [0.25, 0.3) is 11.8 Å². The molecule has 2 amide bonds. The molecular weight excluding hydrogens is 407 g/mol. The quantitative estimate of drug-likeness (QED) is 0.597. The van der Waals surface area contributed by atoms with Gasteiger partial charge in [0.15, 0.2) is 6.61 Å². The Morgan fingerprint density at radius 2 is 1.89 bits per heavy atom. The molecule has 0 aliphatic rings. The van der Waals surface area contributed by atoms with E-state index in [2.05, 4.69) is 10.6 Å². The highest BCUT2D eigenvalue weighted by Gasteiger charge is 2.18. The fourth-order valence-corrected chi connectivity index (χ4v) is 3.79. The minimum absolute atomic E-state index is 0.244. The number of halogens is 2. The Morgan fingerprint density at radius 3 is 2.64 bits per heavy atom. The molecule has 1 heterocycles. The average molecular weight is 421 g/mol. The van der Waals surface area contributed by atoms with Crippen LogP contribution in [0.4, 0.5) is 10.1 Å². The van der Waals surface area contributed by atoms with Gasteiger partial charge in [-0.2, -0.15) is 0 Å². The molecule has 0 radical (unpaired) electrons. The lowest BCUT2D eigenvalue weighted by atomic mass is 10.2. The van der Waals surface area contributed by atoms with Gasteiger partial charge in [-0.3, -0.25) is 14.4 Å². The Kier molecular flexibility index (Phi) is 6.23. The summed E-state index contributed by atoms with van der Waals surface area (Å²) >= 11 is 7.43. The number of carbonyl (C=O) groups is 3. The molecule has 0 saturated carbocycles. The molecule has 0 spiro atoms. The molecule has 0 saturated heterocycles. The van der Waals surface area contributed by atoms with Crippen LogP contribution < -0.4 is 10.6 Å². The lowest BCUT2D eigenvalue weighted by Crippen LogP contribution is -2.32. The molecule has 3 aromatic rings. The number of rotatable bonds is 6. The highest BCUT2D eigenvalue weighted by atomic mass is 35.5. The van der Waals surface area contributed by atoms with Crippen LogP contribution in [0.2, 0.25) is 5.02 Å². The van der Waals surface area contributed by atoms with Crippen LogP contribution >= 0.6 is 22.9 Å². The SMILES string of the molecule is O=C(COC(=O)CNC(=O)c1sc2ccccc2c1Cl)Nc1cccc(F)c1. The van der Waals surface area contributed by atoms with Gasteiger partial charge in [0.2, 0.25) is 0 Å². The Hall–Kier alpha value is -2.97. The number of amides is 2. The average Bonchev–Trinajstić information content (AvgIpc) is 3.01. The zero-order valence-electron chi connectivity index (χ0n) is 14.3. The number of esters is 1. The third-order valence-corrected chi connectivity index (χ3v) is 5.28. The first kappa shape index (κ1) is 19.8. The molecule has 6 nitrogen and oxygen atoms in total. The highest BCUT2D eigenvalue weighted by Crippen LogP contribution is 2.34. The molecule has 1 aromatic heterocycles. The maximum absolute atomic E-state index is 13.1. The number of carbonyl (C=O) groups excluding carboxylic acids is 3. The molecule has 0 fully saturated rings. The van der Waals surface area contributed by atoms with Crippen molar-refractivity contribution >= 4 is 56.5 Å². The van der Waals surface area contributed by atoms with Crippen molar-refractivity contribution in [3.05, 3.63) is 64.2 Å². The predicted molar refractivity (Wildman–Crippen MR) is 105 cm³/mol. The zero-order valence-corrected chi connectivity index (χ0v) is 15.9.